The first kappa shape index (κ1) is 12.6. The molecular weight excluding hydrogens is 206 g/mol. The van der Waals surface area contributed by atoms with Gasteiger partial charge in [0.1, 0.15) is 6.33 Å². The third-order valence-corrected chi connectivity index (χ3v) is 2.64. The summed E-state index contributed by atoms with van der Waals surface area (Å²) in [6.07, 6.45) is 1.66. The normalized spacial score (nSPS) is 11.5. The van der Waals surface area contributed by atoms with Crippen LogP contribution >= 0.6 is 0 Å². The number of carbonyl (C=O) groups excluding carboxylic acids is 1. The van der Waals surface area contributed by atoms with Gasteiger partial charge in [-0.3, -0.25) is 4.79 Å². The van der Waals surface area contributed by atoms with E-state index in [4.69, 9.17) is 0 Å². The number of nitrogens with one attached hydrogen (secondary N) is 2. The van der Waals surface area contributed by atoms with E-state index in [0.717, 1.165) is 12.4 Å². The van der Waals surface area contributed by atoms with Crippen LogP contribution in [0.4, 0.5) is 0 Å². The molecule has 0 fully saturated rings. The SMILES string of the molecule is CCn1cnnc1CNC(=O)C(C)(C)NC. The van der Waals surface area contributed by atoms with Crippen LogP contribution in [0.1, 0.15) is 26.6 Å². The molecule has 0 aliphatic rings. The van der Waals surface area contributed by atoms with Gasteiger partial charge in [-0.05, 0) is 27.8 Å². The van der Waals surface area contributed by atoms with Crippen molar-refractivity contribution in [2.75, 3.05) is 7.05 Å². The summed E-state index contributed by atoms with van der Waals surface area (Å²) in [6.45, 7) is 6.86. The van der Waals surface area contributed by atoms with Gasteiger partial charge < -0.3 is 15.2 Å². The number of hydrogen-bond acceptors (Lipinski definition) is 4. The lowest BCUT2D eigenvalue weighted by atomic mass is 10.1. The average molecular weight is 225 g/mol. The lowest BCUT2D eigenvalue weighted by molar-refractivity contribution is -0.126. The van der Waals surface area contributed by atoms with Crippen molar-refractivity contribution in [3.63, 3.8) is 0 Å². The lowest BCUT2D eigenvalue weighted by Crippen LogP contribution is -2.50. The summed E-state index contributed by atoms with van der Waals surface area (Å²) in [4.78, 5) is 11.8. The molecule has 0 aliphatic heterocycles. The van der Waals surface area contributed by atoms with E-state index in [1.165, 1.54) is 0 Å². The van der Waals surface area contributed by atoms with Crippen molar-refractivity contribution in [1.82, 2.24) is 25.4 Å². The van der Waals surface area contributed by atoms with Crippen LogP contribution in [0, 0.1) is 0 Å². The minimum absolute atomic E-state index is 0.0550. The highest BCUT2D eigenvalue weighted by Crippen LogP contribution is 2.01. The Morgan fingerprint density at radius 1 is 1.56 bits per heavy atom. The summed E-state index contributed by atoms with van der Waals surface area (Å²) in [7, 11) is 1.76. The predicted molar refractivity (Wildman–Crippen MR) is 60.7 cm³/mol. The van der Waals surface area contributed by atoms with Gasteiger partial charge in [0.2, 0.25) is 5.91 Å². The molecule has 0 aliphatic carbocycles. The van der Waals surface area contributed by atoms with Gasteiger partial charge in [0.15, 0.2) is 5.82 Å². The van der Waals surface area contributed by atoms with Crippen LogP contribution in [0.5, 0.6) is 0 Å². The van der Waals surface area contributed by atoms with E-state index in [2.05, 4.69) is 20.8 Å². The maximum absolute atomic E-state index is 11.8. The van der Waals surface area contributed by atoms with Crippen molar-refractivity contribution in [2.24, 2.45) is 0 Å². The number of nitrogens with zero attached hydrogens (tertiary/aromatic N) is 3. The maximum Gasteiger partial charge on any atom is 0.240 e. The van der Waals surface area contributed by atoms with Gasteiger partial charge in [-0.25, -0.2) is 0 Å². The van der Waals surface area contributed by atoms with Crippen molar-refractivity contribution < 1.29 is 4.79 Å². The minimum atomic E-state index is -0.572. The van der Waals surface area contributed by atoms with Crippen molar-refractivity contribution in [2.45, 2.75) is 39.4 Å². The number of likely N-dealkylation sites (N-methyl/N-ethyl adjacent to an activating group) is 1. The molecule has 6 nitrogen and oxygen atoms in total. The highest BCUT2D eigenvalue weighted by atomic mass is 16.2. The van der Waals surface area contributed by atoms with E-state index in [1.54, 1.807) is 13.4 Å². The first-order valence-corrected chi connectivity index (χ1v) is 5.35. The van der Waals surface area contributed by atoms with Gasteiger partial charge in [0.25, 0.3) is 0 Å². The summed E-state index contributed by atoms with van der Waals surface area (Å²) in [5.41, 5.74) is -0.572. The zero-order valence-electron chi connectivity index (χ0n) is 10.2. The summed E-state index contributed by atoms with van der Waals surface area (Å²) < 4.78 is 1.90. The molecule has 1 heterocycles. The summed E-state index contributed by atoms with van der Waals surface area (Å²) in [5.74, 6) is 0.711. The second kappa shape index (κ2) is 5.07. The molecule has 90 valence electrons. The Morgan fingerprint density at radius 3 is 2.81 bits per heavy atom. The molecule has 16 heavy (non-hydrogen) atoms. The minimum Gasteiger partial charge on any atom is -0.347 e. The van der Waals surface area contributed by atoms with Gasteiger partial charge in [-0.2, -0.15) is 0 Å². The first-order valence-electron chi connectivity index (χ1n) is 5.35. The molecule has 0 unspecified atom stereocenters. The standard InChI is InChI=1S/C10H19N5O/c1-5-15-7-13-14-8(15)6-12-9(16)10(2,3)11-4/h7,11H,5-6H2,1-4H3,(H,12,16). The highest BCUT2D eigenvalue weighted by molar-refractivity contribution is 5.85. The number of aromatic nitrogens is 3. The largest absolute Gasteiger partial charge is 0.347 e. The number of amides is 1. The van der Waals surface area contributed by atoms with E-state index < -0.39 is 5.54 Å². The van der Waals surface area contributed by atoms with Crippen molar-refractivity contribution in [3.8, 4) is 0 Å². The molecule has 2 N–H and O–H groups in total. The van der Waals surface area contributed by atoms with Gasteiger partial charge in [-0.1, -0.05) is 0 Å². The monoisotopic (exact) mass is 225 g/mol. The molecule has 1 aromatic heterocycles. The van der Waals surface area contributed by atoms with Gasteiger partial charge in [-0.15, -0.1) is 10.2 Å². The molecular formula is C10H19N5O. The van der Waals surface area contributed by atoms with Crippen molar-refractivity contribution in [3.05, 3.63) is 12.2 Å². The highest BCUT2D eigenvalue weighted by Gasteiger charge is 2.24. The zero-order chi connectivity index (χ0) is 12.2. The predicted octanol–water partition coefficient (Wildman–Crippen LogP) is -0.0878. The fourth-order valence-electron chi connectivity index (χ4n) is 1.17. The molecule has 0 radical (unpaired) electrons. The summed E-state index contributed by atoms with van der Waals surface area (Å²) >= 11 is 0. The third-order valence-electron chi connectivity index (χ3n) is 2.64. The molecule has 0 spiro atoms. The first-order chi connectivity index (χ1) is 7.51. The molecule has 0 aromatic carbocycles. The fraction of sp³-hybridized carbons (Fsp3) is 0.700. The Balaban J connectivity index is 2.55. The smallest absolute Gasteiger partial charge is 0.240 e. The van der Waals surface area contributed by atoms with E-state index in [0.29, 0.717) is 6.54 Å². The Kier molecular flexibility index (Phi) is 4.00. The van der Waals surface area contributed by atoms with Gasteiger partial charge in [0.05, 0.1) is 12.1 Å². The fourth-order valence-corrected chi connectivity index (χ4v) is 1.17. The average Bonchev–Trinajstić information content (AvgIpc) is 2.72. The Morgan fingerprint density at radius 2 is 2.25 bits per heavy atom. The van der Waals surface area contributed by atoms with Crippen LogP contribution < -0.4 is 10.6 Å². The van der Waals surface area contributed by atoms with Crippen LogP contribution in [-0.4, -0.2) is 33.3 Å². The van der Waals surface area contributed by atoms with Crippen molar-refractivity contribution in [1.29, 1.82) is 0 Å². The lowest BCUT2D eigenvalue weighted by Gasteiger charge is -2.22. The summed E-state index contributed by atoms with van der Waals surface area (Å²) in [6, 6.07) is 0. The topological polar surface area (TPSA) is 71.8 Å². The van der Waals surface area contributed by atoms with Gasteiger partial charge >= 0.3 is 0 Å². The quantitative estimate of drug-likeness (QED) is 0.735. The second-order valence-electron chi connectivity index (χ2n) is 4.09. The molecule has 1 amide bonds. The number of aryl methyl sites for hydroxylation is 1. The molecule has 6 heteroatoms. The zero-order valence-corrected chi connectivity index (χ0v) is 10.2. The van der Waals surface area contributed by atoms with Crippen LogP contribution in [-0.2, 0) is 17.9 Å². The van der Waals surface area contributed by atoms with Crippen LogP contribution in [0.15, 0.2) is 6.33 Å². The van der Waals surface area contributed by atoms with Crippen LogP contribution in [0.3, 0.4) is 0 Å². The van der Waals surface area contributed by atoms with Crippen LogP contribution in [0.25, 0.3) is 0 Å². The molecule has 0 saturated carbocycles. The van der Waals surface area contributed by atoms with E-state index >= 15 is 0 Å². The Labute approximate surface area is 95.4 Å². The Hall–Kier alpha value is -1.43. The van der Waals surface area contributed by atoms with E-state index in [9.17, 15) is 4.79 Å². The summed E-state index contributed by atoms with van der Waals surface area (Å²) in [5, 5.41) is 13.5. The number of hydrogen-bond donors (Lipinski definition) is 2. The van der Waals surface area contributed by atoms with E-state index in [-0.39, 0.29) is 5.91 Å². The van der Waals surface area contributed by atoms with Gasteiger partial charge in [0, 0.05) is 6.54 Å². The molecule has 1 aromatic rings. The molecule has 0 bridgehead atoms. The Bertz CT molecular complexity index is 358. The van der Waals surface area contributed by atoms with Crippen LogP contribution in [0.2, 0.25) is 0 Å². The molecule has 0 atom stereocenters. The number of carbonyl (C=O) groups is 1. The van der Waals surface area contributed by atoms with E-state index in [1.807, 2.05) is 25.3 Å². The van der Waals surface area contributed by atoms with Crippen molar-refractivity contribution >= 4 is 5.91 Å². The number of rotatable bonds is 5. The maximum atomic E-state index is 11.8. The second-order valence-corrected chi connectivity index (χ2v) is 4.09. The molecule has 0 saturated heterocycles. The molecule has 1 rings (SSSR count). The third kappa shape index (κ3) is 2.79.